The number of ether oxygens (including phenoxy) is 1. The van der Waals surface area contributed by atoms with Crippen molar-refractivity contribution >= 4 is 15.9 Å². The van der Waals surface area contributed by atoms with Crippen LogP contribution in [0.15, 0.2) is 30.3 Å². The van der Waals surface area contributed by atoms with E-state index < -0.39 is 12.8 Å². The van der Waals surface area contributed by atoms with E-state index >= 15 is 0 Å². The summed E-state index contributed by atoms with van der Waals surface area (Å²) in [7, 11) is 0. The van der Waals surface area contributed by atoms with Crippen molar-refractivity contribution in [2.45, 2.75) is 17.4 Å². The van der Waals surface area contributed by atoms with Gasteiger partial charge in [0.2, 0.25) is 0 Å². The Hall–Kier alpha value is -0.550. The van der Waals surface area contributed by atoms with E-state index in [-0.39, 0.29) is 11.4 Å². The van der Waals surface area contributed by atoms with Crippen LogP contribution in [0, 0.1) is 0 Å². The SMILES string of the molecule is FC(F)(F)COCCC(Br)c1ccccc1. The van der Waals surface area contributed by atoms with Crippen LogP contribution in [0.2, 0.25) is 0 Å². The summed E-state index contributed by atoms with van der Waals surface area (Å²) < 4.78 is 39.8. The molecule has 0 aromatic heterocycles. The van der Waals surface area contributed by atoms with E-state index in [4.69, 9.17) is 0 Å². The molecule has 0 amide bonds. The van der Waals surface area contributed by atoms with Gasteiger partial charge < -0.3 is 4.74 Å². The maximum atomic E-state index is 11.8. The molecule has 0 saturated heterocycles. The molecule has 0 fully saturated rings. The van der Waals surface area contributed by atoms with Gasteiger partial charge in [-0.3, -0.25) is 0 Å². The molecule has 0 radical (unpaired) electrons. The van der Waals surface area contributed by atoms with Gasteiger partial charge in [-0.15, -0.1) is 0 Å². The first-order chi connectivity index (χ1) is 7.49. The fraction of sp³-hybridized carbons (Fsp3) is 0.455. The second-order valence-corrected chi connectivity index (χ2v) is 4.44. The van der Waals surface area contributed by atoms with E-state index in [0.29, 0.717) is 6.42 Å². The third kappa shape index (κ3) is 5.51. The highest BCUT2D eigenvalue weighted by atomic mass is 79.9. The molecule has 1 atom stereocenters. The van der Waals surface area contributed by atoms with Crippen LogP contribution in [0.1, 0.15) is 16.8 Å². The van der Waals surface area contributed by atoms with Crippen LogP contribution in [0.25, 0.3) is 0 Å². The van der Waals surface area contributed by atoms with E-state index in [1.807, 2.05) is 30.3 Å². The molecular formula is C11H12BrF3O. The monoisotopic (exact) mass is 296 g/mol. The quantitative estimate of drug-likeness (QED) is 0.587. The Morgan fingerprint density at radius 3 is 2.38 bits per heavy atom. The van der Waals surface area contributed by atoms with Gasteiger partial charge in [-0.2, -0.15) is 13.2 Å². The average molecular weight is 297 g/mol. The molecular weight excluding hydrogens is 285 g/mol. The molecule has 1 aromatic rings. The number of rotatable bonds is 5. The van der Waals surface area contributed by atoms with Crippen molar-refractivity contribution in [3.05, 3.63) is 35.9 Å². The van der Waals surface area contributed by atoms with Crippen molar-refractivity contribution in [1.82, 2.24) is 0 Å². The third-order valence-corrected chi connectivity index (χ3v) is 2.93. The Morgan fingerprint density at radius 1 is 1.19 bits per heavy atom. The summed E-state index contributed by atoms with van der Waals surface area (Å²) >= 11 is 3.41. The van der Waals surface area contributed by atoms with Gasteiger partial charge in [0, 0.05) is 11.4 Å². The number of alkyl halides is 4. The molecule has 0 spiro atoms. The summed E-state index contributed by atoms with van der Waals surface area (Å²) in [5.41, 5.74) is 1.04. The number of halogens is 4. The fourth-order valence-corrected chi connectivity index (χ4v) is 1.70. The molecule has 0 saturated carbocycles. The number of benzene rings is 1. The van der Waals surface area contributed by atoms with Gasteiger partial charge in [0.05, 0.1) is 0 Å². The van der Waals surface area contributed by atoms with Gasteiger partial charge in [-0.25, -0.2) is 0 Å². The predicted molar refractivity (Wildman–Crippen MR) is 59.6 cm³/mol. The standard InChI is InChI=1S/C11H12BrF3O/c12-10(9-4-2-1-3-5-9)6-7-16-8-11(13,14)15/h1-5,10H,6-8H2. The summed E-state index contributed by atoms with van der Waals surface area (Å²) in [4.78, 5) is 0.0296. The second kappa shape index (κ2) is 6.25. The maximum absolute atomic E-state index is 11.8. The normalized spacial score (nSPS) is 13.8. The Morgan fingerprint density at radius 2 is 1.81 bits per heavy atom. The summed E-state index contributed by atoms with van der Waals surface area (Å²) in [6, 6.07) is 9.51. The zero-order valence-electron chi connectivity index (χ0n) is 8.51. The van der Waals surface area contributed by atoms with E-state index in [1.54, 1.807) is 0 Å². The van der Waals surface area contributed by atoms with Crippen LogP contribution in [-0.2, 0) is 4.74 Å². The van der Waals surface area contributed by atoms with Crippen LogP contribution < -0.4 is 0 Å². The molecule has 0 heterocycles. The summed E-state index contributed by atoms with van der Waals surface area (Å²) in [5, 5.41) is 0. The van der Waals surface area contributed by atoms with Crippen LogP contribution in [0.4, 0.5) is 13.2 Å². The number of hydrogen-bond acceptors (Lipinski definition) is 1. The summed E-state index contributed by atoms with van der Waals surface area (Å²) in [6.07, 6.45) is -3.73. The van der Waals surface area contributed by atoms with Crippen molar-refractivity contribution in [2.75, 3.05) is 13.2 Å². The van der Waals surface area contributed by atoms with Gasteiger partial charge in [0.25, 0.3) is 0 Å². The minimum Gasteiger partial charge on any atom is -0.372 e. The van der Waals surface area contributed by atoms with E-state index in [1.165, 1.54) is 0 Å². The molecule has 1 aromatic carbocycles. The largest absolute Gasteiger partial charge is 0.411 e. The van der Waals surface area contributed by atoms with Crippen molar-refractivity contribution in [3.63, 3.8) is 0 Å². The minimum atomic E-state index is -4.24. The first kappa shape index (κ1) is 13.5. The second-order valence-electron chi connectivity index (χ2n) is 3.33. The molecule has 0 bridgehead atoms. The molecule has 1 unspecified atom stereocenters. The van der Waals surface area contributed by atoms with Gasteiger partial charge in [-0.1, -0.05) is 46.3 Å². The Bertz CT molecular complexity index is 300. The molecule has 1 nitrogen and oxygen atoms in total. The van der Waals surface area contributed by atoms with Crippen LogP contribution in [0.5, 0.6) is 0 Å². The van der Waals surface area contributed by atoms with Crippen LogP contribution >= 0.6 is 15.9 Å². The Balaban J connectivity index is 2.24. The fourth-order valence-electron chi connectivity index (χ4n) is 1.20. The zero-order chi connectivity index (χ0) is 12.0. The van der Waals surface area contributed by atoms with E-state index in [2.05, 4.69) is 20.7 Å². The van der Waals surface area contributed by atoms with Crippen molar-refractivity contribution in [3.8, 4) is 0 Å². The molecule has 0 aliphatic heterocycles. The molecule has 90 valence electrons. The highest BCUT2D eigenvalue weighted by molar-refractivity contribution is 9.09. The van der Waals surface area contributed by atoms with Crippen LogP contribution in [-0.4, -0.2) is 19.4 Å². The Kier molecular flexibility index (Phi) is 5.28. The molecule has 0 aliphatic rings. The highest BCUT2D eigenvalue weighted by Gasteiger charge is 2.27. The van der Waals surface area contributed by atoms with E-state index in [9.17, 15) is 13.2 Å². The first-order valence-electron chi connectivity index (χ1n) is 4.82. The molecule has 16 heavy (non-hydrogen) atoms. The zero-order valence-corrected chi connectivity index (χ0v) is 10.1. The number of hydrogen-bond donors (Lipinski definition) is 0. The van der Waals surface area contributed by atoms with E-state index in [0.717, 1.165) is 5.56 Å². The van der Waals surface area contributed by atoms with Crippen molar-refractivity contribution < 1.29 is 17.9 Å². The predicted octanol–water partition coefficient (Wildman–Crippen LogP) is 4.09. The molecule has 5 heteroatoms. The van der Waals surface area contributed by atoms with Gasteiger partial charge >= 0.3 is 6.18 Å². The van der Waals surface area contributed by atoms with Gasteiger partial charge in [0.15, 0.2) is 0 Å². The highest BCUT2D eigenvalue weighted by Crippen LogP contribution is 2.26. The lowest BCUT2D eigenvalue weighted by atomic mass is 10.1. The van der Waals surface area contributed by atoms with Gasteiger partial charge in [0.1, 0.15) is 6.61 Å². The third-order valence-electron chi connectivity index (χ3n) is 1.94. The molecule has 0 N–H and O–H groups in total. The lowest BCUT2D eigenvalue weighted by Crippen LogP contribution is -2.17. The van der Waals surface area contributed by atoms with Gasteiger partial charge in [-0.05, 0) is 12.0 Å². The molecule has 0 aliphatic carbocycles. The van der Waals surface area contributed by atoms with Crippen molar-refractivity contribution in [1.29, 1.82) is 0 Å². The Labute approximate surface area is 101 Å². The van der Waals surface area contributed by atoms with Crippen LogP contribution in [0.3, 0.4) is 0 Å². The first-order valence-corrected chi connectivity index (χ1v) is 5.74. The topological polar surface area (TPSA) is 9.23 Å². The van der Waals surface area contributed by atoms with Crippen molar-refractivity contribution in [2.24, 2.45) is 0 Å². The minimum absolute atomic E-state index is 0.0296. The maximum Gasteiger partial charge on any atom is 0.411 e. The smallest absolute Gasteiger partial charge is 0.372 e. The lowest BCUT2D eigenvalue weighted by Gasteiger charge is -2.11. The summed E-state index contributed by atoms with van der Waals surface area (Å²) in [6.45, 7) is -1.09. The molecule has 1 rings (SSSR count). The average Bonchev–Trinajstić information content (AvgIpc) is 2.24. The summed E-state index contributed by atoms with van der Waals surface area (Å²) in [5.74, 6) is 0. The lowest BCUT2D eigenvalue weighted by molar-refractivity contribution is -0.174.